The van der Waals surface area contributed by atoms with E-state index in [9.17, 15) is 19.2 Å². The molecular weight excluding hydrogens is 1980 g/mol. The fourth-order valence-corrected chi connectivity index (χ4v) is 21.3. The molecule has 43 heteroatoms. The Kier molecular flexibility index (Phi) is 51.2. The number of carbonyl (C=O) groups excluding carboxylic acids is 4. The second kappa shape index (κ2) is 62.3. The Hall–Kier alpha value is -3.80. The van der Waals surface area contributed by atoms with Crippen LogP contribution in [-0.2, 0) is 103 Å². The Balaban J connectivity index is 0.000000213. The van der Waals surface area contributed by atoms with Crippen LogP contribution >= 0.6 is 95.9 Å². The Morgan fingerprint density at radius 2 is 0.649 bits per heavy atom. The van der Waals surface area contributed by atoms with Crippen molar-refractivity contribution in [2.45, 2.75) is 293 Å². The van der Waals surface area contributed by atoms with Crippen LogP contribution in [0.5, 0.6) is 0 Å². The molecule has 8 heterocycles. The van der Waals surface area contributed by atoms with E-state index in [-0.39, 0.29) is 58.6 Å². The van der Waals surface area contributed by atoms with Gasteiger partial charge in [-0.3, -0.25) is 19.7 Å². The molecule has 7 aromatic rings. The van der Waals surface area contributed by atoms with Crippen molar-refractivity contribution in [2.24, 2.45) is 5.73 Å². The molecule has 6 aliphatic carbocycles. The number of para-hydroxylation sites is 2. The fraction of sp³-hybridized carbons (Fsp3) is 0.648. The molecule has 31 nitrogen and oxygen atoms in total. The molecule has 6 bridgehead atoms. The molecule has 9 aliphatic rings. The molecule has 16 rings (SSSR count). The number of carbonyl (C=O) groups is 4. The van der Waals surface area contributed by atoms with Crippen molar-refractivity contribution >= 4 is 142 Å². The minimum atomic E-state index is -1.27. The maximum absolute atomic E-state index is 12.6. The Morgan fingerprint density at radius 3 is 0.947 bits per heavy atom. The van der Waals surface area contributed by atoms with E-state index in [4.69, 9.17) is 100 Å². The summed E-state index contributed by atoms with van der Waals surface area (Å²) >= 11 is 5.36. The second-order valence-corrected chi connectivity index (χ2v) is 43.2. The number of nitrogens with two attached hydrogens (primary N) is 1. The molecule has 0 spiro atoms. The van der Waals surface area contributed by atoms with Gasteiger partial charge in [-0.15, -0.1) is 45.5 Å². The molecular formula is C88H131Cl6Mn3N23O8S3. The van der Waals surface area contributed by atoms with E-state index < -0.39 is 18.0 Å². The van der Waals surface area contributed by atoms with Crippen LogP contribution in [0, 0.1) is 0 Å². The van der Waals surface area contributed by atoms with E-state index >= 15 is 0 Å². The number of benzene rings is 2. The van der Waals surface area contributed by atoms with Crippen LogP contribution in [0.3, 0.4) is 0 Å². The number of esters is 1. The van der Waals surface area contributed by atoms with Crippen molar-refractivity contribution in [3.05, 3.63) is 119 Å². The number of nitrogens with one attached hydrogen (secondary N) is 13. The molecule has 12 atom stereocenters. The molecule has 0 saturated heterocycles. The summed E-state index contributed by atoms with van der Waals surface area (Å²) in [4.78, 5) is 79.2. The van der Waals surface area contributed by atoms with E-state index in [1.165, 1.54) is 164 Å². The summed E-state index contributed by atoms with van der Waals surface area (Å²) in [7, 11) is 28.8. The zero-order valence-corrected chi connectivity index (χ0v) is 84.9. The molecule has 1 unspecified atom stereocenters. The summed E-state index contributed by atoms with van der Waals surface area (Å²) in [5.74, 6) is -0.373. The molecule has 6 saturated carbocycles. The van der Waals surface area contributed by atoms with Crippen molar-refractivity contribution in [1.82, 2.24) is 114 Å². The standard InChI is InChI=1S/C51H83N11O4S2.C23H40N6S.C14H8N6O4.6ClH.3Mn/c63-50(18-9-26-67-40-28-36-32-57-46-14-5-1-10-42(46)52-19-20-53-43-11-2-6-15-47(43)58-33-37(29-40)61-36)65-24-25-66-51(64)56-23-27-68-41-30-38-34-59-48-16-7-3-12-44(48)54-21-22-55-45-13-4-8-17-49(45)60-35-39(31-41)62-38;24-9-12-30-19-13-17-15-27-22-7-3-1-5-20(22)25-10-11-26-21-6-2-4-8-23(21)28-16-18(14-19)29-17;21-13(23-19-11-7-3-1-5-9(11)15-17-19)14(22)24-20-12-8-4-2-6-10(12)16-18-20;;;;;;;;;/h28-31,42-49,52-55,57-60H,1-27,32-35H2,(H,56,64);13-14,20-23,25-28H,1-12,15-16,24H2;1-8H;6*1H;;;/q;;;;;;;;;3*+2/p-6/t42-,43-,44-,45-,46-,47?,48-,49-;20-,21-,22-,23-;;;;;;;;;;/m11........../s1. The van der Waals surface area contributed by atoms with Crippen molar-refractivity contribution in [3.63, 3.8) is 0 Å². The number of hydrogen-bond donors (Lipinski definition) is 14. The summed E-state index contributed by atoms with van der Waals surface area (Å²) in [6.07, 6.45) is 30.7. The van der Waals surface area contributed by atoms with E-state index in [0.717, 1.165) is 139 Å². The number of alkyl carbamates (subject to hydrolysis) is 1. The van der Waals surface area contributed by atoms with Gasteiger partial charge in [0, 0.05) is 197 Å². The van der Waals surface area contributed by atoms with Crippen LogP contribution < -0.4 is 84.5 Å². The molecule has 1 amide bonds. The zero-order chi connectivity index (χ0) is 91.8. The van der Waals surface area contributed by atoms with Crippen LogP contribution in [0.15, 0.2) is 99.6 Å². The molecule has 15 N–H and O–H groups in total. The normalized spacial score (nSPS) is 24.5. The van der Waals surface area contributed by atoms with Crippen molar-refractivity contribution < 1.29 is 77.7 Å². The van der Waals surface area contributed by atoms with Gasteiger partial charge in [0.05, 0.1) is 34.2 Å². The molecule has 0 radical (unpaired) electrons. The first-order chi connectivity index (χ1) is 64.3. The number of halogens is 6. The van der Waals surface area contributed by atoms with E-state index in [1.807, 2.05) is 11.8 Å². The van der Waals surface area contributed by atoms with E-state index in [1.54, 1.807) is 72.1 Å². The number of ether oxygens (including phenoxy) is 2. The van der Waals surface area contributed by atoms with Gasteiger partial charge in [0.1, 0.15) is 35.3 Å². The average molecular weight is 2110 g/mol. The Morgan fingerprint density at radius 1 is 0.382 bits per heavy atom. The first kappa shape index (κ1) is 108. The number of thioether (sulfide) groups is 3. The van der Waals surface area contributed by atoms with Gasteiger partial charge >= 0.3 is 124 Å². The Labute approximate surface area is 827 Å². The maximum atomic E-state index is 12.6. The van der Waals surface area contributed by atoms with Crippen LogP contribution in [-0.4, -0.2) is 225 Å². The van der Waals surface area contributed by atoms with E-state index in [2.05, 4.69) is 126 Å². The summed E-state index contributed by atoms with van der Waals surface area (Å²) in [6, 6.07) is 32.9. The number of fused-ring (bicyclic) bond motifs is 14. The van der Waals surface area contributed by atoms with Crippen LogP contribution in [0.25, 0.3) is 22.1 Å². The predicted octanol–water partition coefficient (Wildman–Crippen LogP) is 11.4. The number of aromatic nitrogens is 9. The molecule has 5 aromatic heterocycles. The molecule has 2 aromatic carbocycles. The predicted molar refractivity (Wildman–Crippen MR) is 512 cm³/mol. The fourth-order valence-electron chi connectivity index (χ4n) is 18.7. The quantitative estimate of drug-likeness (QED) is 0.0101. The van der Waals surface area contributed by atoms with Crippen molar-refractivity contribution in [3.8, 4) is 0 Å². The minimum absolute atomic E-state index is 0.00694. The van der Waals surface area contributed by atoms with Crippen molar-refractivity contribution in [2.75, 3.05) is 82.8 Å². The first-order valence-corrected chi connectivity index (χ1v) is 59.1. The molecule has 727 valence electrons. The van der Waals surface area contributed by atoms with Gasteiger partial charge in [-0.2, -0.15) is 0 Å². The molecule has 3 aliphatic heterocycles. The SMILES string of the molecule is NCCSc1cc2nc(c1)CN[C@@H]1CCCC[C@H]1NCCN[C@@H]1CCCC[C@H]1NC2.O=C(CCCSc1cc2nc(c1)CN[C@@H]1CCCC[C@H]1NCCN[C@@H]1CCCCC1NC2)OCCOC(=O)NCCSc1cc2nc(c1)CN[C@@H]1CCCC[C@H]1NCCN[C@@H]1CCCC[C@H]1NC2.O=C(On1nnc2ccccc21)C(=O)On1nnc2ccccc21.[Cl][Mn][Cl].[Cl][Mn][Cl].[Cl][Mn][Cl]. The summed E-state index contributed by atoms with van der Waals surface area (Å²) in [6.45, 7) is 12.0. The van der Waals surface area contributed by atoms with Gasteiger partial charge in [-0.25, -0.2) is 14.4 Å². The van der Waals surface area contributed by atoms with Gasteiger partial charge in [0.2, 0.25) is 0 Å². The number of amides is 1. The first-order valence-electron chi connectivity index (χ1n) is 46.4. The van der Waals surface area contributed by atoms with Gasteiger partial charge < -0.3 is 94.0 Å². The molecule has 131 heavy (non-hydrogen) atoms. The Bertz CT molecular complexity index is 4150. The monoisotopic (exact) mass is 2110 g/mol. The summed E-state index contributed by atoms with van der Waals surface area (Å²) in [5, 5.41) is 64.0. The third kappa shape index (κ3) is 38.0. The second-order valence-electron chi connectivity index (χ2n) is 33.9. The molecule has 6 fully saturated rings. The topological polar surface area (TPSA) is 388 Å². The van der Waals surface area contributed by atoms with Crippen molar-refractivity contribution in [1.29, 1.82) is 0 Å². The number of rotatable bonds is 17. The van der Waals surface area contributed by atoms with Crippen LogP contribution in [0.1, 0.15) is 201 Å². The van der Waals surface area contributed by atoms with Gasteiger partial charge in [0.25, 0.3) is 0 Å². The number of nitrogens with zero attached hydrogens (tertiary/aromatic N) is 9. The van der Waals surface area contributed by atoms with E-state index in [0.29, 0.717) is 126 Å². The van der Waals surface area contributed by atoms with Crippen LogP contribution in [0.2, 0.25) is 0 Å². The number of pyridine rings is 3. The van der Waals surface area contributed by atoms with Crippen LogP contribution in [0.4, 0.5) is 4.79 Å². The average Bonchev–Trinajstić information content (AvgIpc) is 1.65. The summed E-state index contributed by atoms with van der Waals surface area (Å²) < 4.78 is 10.8. The van der Waals surface area contributed by atoms with Gasteiger partial charge in [-0.1, -0.05) is 111 Å². The number of hydrogen-bond acceptors (Lipinski definition) is 31. The third-order valence-corrected chi connectivity index (χ3v) is 28.0. The zero-order valence-electron chi connectivity index (χ0n) is 74.3. The van der Waals surface area contributed by atoms with Gasteiger partial charge in [0.15, 0.2) is 0 Å². The van der Waals surface area contributed by atoms with Gasteiger partial charge in [-0.05, 0) is 160 Å². The third-order valence-electron chi connectivity index (χ3n) is 24.9. The summed E-state index contributed by atoms with van der Waals surface area (Å²) in [5.41, 5.74) is 14.2.